The third-order valence-electron chi connectivity index (χ3n) is 6.35. The molecule has 2 aromatic heterocycles. The Morgan fingerprint density at radius 3 is 1.68 bits per heavy atom. The molecule has 0 fully saturated rings. The molecule has 0 radical (unpaired) electrons. The van der Waals surface area contributed by atoms with E-state index in [1.165, 1.54) is 21.7 Å². The predicted octanol–water partition coefficient (Wildman–Crippen LogP) is 9.04. The van der Waals surface area contributed by atoms with Gasteiger partial charge in [-0.25, -0.2) is 9.97 Å². The smallest absolute Gasteiger partial charge is 0.116 e. The van der Waals surface area contributed by atoms with Gasteiger partial charge >= 0.3 is 0 Å². The number of hydrogen-bond acceptors (Lipinski definition) is 4. The Labute approximate surface area is 234 Å². The van der Waals surface area contributed by atoms with Crippen LogP contribution in [-0.2, 0) is 6.42 Å². The normalized spacial score (nSPS) is 11.2. The van der Waals surface area contributed by atoms with Crippen LogP contribution in [0.4, 0.5) is 5.69 Å². The second-order valence-electron chi connectivity index (χ2n) is 9.10. The highest BCUT2D eigenvalue weighted by Crippen LogP contribution is 2.22. The minimum Gasteiger partial charge on any atom is -0.261 e. The lowest BCUT2D eigenvalue weighted by molar-refractivity contribution is 1.03. The van der Waals surface area contributed by atoms with E-state index >= 15 is 0 Å². The van der Waals surface area contributed by atoms with Crippen LogP contribution in [0.1, 0.15) is 12.0 Å². The van der Waals surface area contributed by atoms with Gasteiger partial charge in [0.25, 0.3) is 0 Å². The van der Waals surface area contributed by atoms with Crippen molar-refractivity contribution in [3.63, 3.8) is 0 Å². The van der Waals surface area contributed by atoms with Crippen LogP contribution >= 0.6 is 0 Å². The molecule has 40 heavy (non-hydrogen) atoms. The molecule has 194 valence electrons. The molecule has 4 heteroatoms. The second-order valence-corrected chi connectivity index (χ2v) is 9.10. The summed E-state index contributed by atoms with van der Waals surface area (Å²) in [5, 5.41) is 4.91. The third-order valence-corrected chi connectivity index (χ3v) is 6.35. The summed E-state index contributed by atoms with van der Waals surface area (Å²) in [5.41, 5.74) is 4.58. The van der Waals surface area contributed by atoms with Gasteiger partial charge in [0.1, 0.15) is 6.33 Å². The Balaban J connectivity index is 0.000000108. The van der Waals surface area contributed by atoms with Crippen molar-refractivity contribution in [3.8, 4) is 0 Å². The highest BCUT2D eigenvalue weighted by molar-refractivity contribution is 5.82. The van der Waals surface area contributed by atoms with Crippen LogP contribution in [0.5, 0.6) is 0 Å². The molecule has 0 saturated heterocycles. The summed E-state index contributed by atoms with van der Waals surface area (Å²) in [6.07, 6.45) is 9.41. The molecule has 0 unspecified atom stereocenters. The van der Waals surface area contributed by atoms with Crippen molar-refractivity contribution in [2.45, 2.75) is 12.8 Å². The zero-order valence-electron chi connectivity index (χ0n) is 22.2. The lowest BCUT2D eigenvalue weighted by Gasteiger charge is -2.07. The molecule has 1 aliphatic heterocycles. The minimum atomic E-state index is 0.998. The Bertz CT molecular complexity index is 1460. The molecule has 4 nitrogen and oxygen atoms in total. The molecule has 3 heterocycles. The quantitative estimate of drug-likeness (QED) is 0.201. The van der Waals surface area contributed by atoms with Gasteiger partial charge in [0.2, 0.25) is 0 Å². The first-order valence-corrected chi connectivity index (χ1v) is 13.4. The summed E-state index contributed by atoms with van der Waals surface area (Å²) in [6.45, 7) is 0. The zero-order chi connectivity index (χ0) is 27.2. The number of aromatic nitrogens is 3. The van der Waals surface area contributed by atoms with Gasteiger partial charge in [-0.3, -0.25) is 9.98 Å². The number of fused-ring (bicyclic) bond motifs is 4. The van der Waals surface area contributed by atoms with E-state index in [0.29, 0.717) is 0 Å². The van der Waals surface area contributed by atoms with Gasteiger partial charge in [0.15, 0.2) is 0 Å². The van der Waals surface area contributed by atoms with E-state index in [0.717, 1.165) is 34.9 Å². The van der Waals surface area contributed by atoms with E-state index in [9.17, 15) is 0 Å². The Kier molecular flexibility index (Phi) is 9.29. The molecule has 0 spiro atoms. The van der Waals surface area contributed by atoms with E-state index < -0.39 is 0 Å². The van der Waals surface area contributed by atoms with Crippen molar-refractivity contribution >= 4 is 44.5 Å². The number of pyridine rings is 1. The van der Waals surface area contributed by atoms with E-state index in [1.54, 1.807) is 6.33 Å². The van der Waals surface area contributed by atoms with E-state index in [4.69, 9.17) is 0 Å². The largest absolute Gasteiger partial charge is 0.261 e. The Morgan fingerprint density at radius 2 is 1.02 bits per heavy atom. The Hall–Kier alpha value is -5.22. The SMILES string of the molecule is C1=Nc2ccccc2CC1.c1ccc2ccccc2c1.c1ccc2ncccc2c1.c1ccc2ncncc2c1. The van der Waals surface area contributed by atoms with E-state index in [-0.39, 0.29) is 0 Å². The molecule has 0 saturated carbocycles. The molecule has 0 bridgehead atoms. The van der Waals surface area contributed by atoms with Gasteiger partial charge in [-0.15, -0.1) is 0 Å². The summed E-state index contributed by atoms with van der Waals surface area (Å²) < 4.78 is 0. The number of nitrogens with zero attached hydrogens (tertiary/aromatic N) is 4. The fourth-order valence-corrected chi connectivity index (χ4v) is 4.30. The number of rotatable bonds is 0. The van der Waals surface area contributed by atoms with Crippen LogP contribution in [0.2, 0.25) is 0 Å². The average molecular weight is 519 g/mol. The average Bonchev–Trinajstić information content (AvgIpc) is 3.06. The maximum absolute atomic E-state index is 4.27. The van der Waals surface area contributed by atoms with Gasteiger partial charge in [0, 0.05) is 29.4 Å². The Morgan fingerprint density at radius 1 is 0.475 bits per heavy atom. The topological polar surface area (TPSA) is 51.0 Å². The number of benzene rings is 5. The van der Waals surface area contributed by atoms with Gasteiger partial charge in [-0.1, -0.05) is 109 Å². The second kappa shape index (κ2) is 14.1. The van der Waals surface area contributed by atoms with Crippen LogP contribution < -0.4 is 0 Å². The van der Waals surface area contributed by atoms with Crippen molar-refractivity contribution in [2.75, 3.05) is 0 Å². The summed E-state index contributed by atoms with van der Waals surface area (Å²) in [6, 6.07) is 45.0. The van der Waals surface area contributed by atoms with Crippen LogP contribution in [0.25, 0.3) is 32.6 Å². The van der Waals surface area contributed by atoms with Crippen LogP contribution in [0.15, 0.2) is 157 Å². The fourth-order valence-electron chi connectivity index (χ4n) is 4.30. The third kappa shape index (κ3) is 7.42. The monoisotopic (exact) mass is 518 g/mol. The first-order valence-electron chi connectivity index (χ1n) is 13.4. The minimum absolute atomic E-state index is 0.998. The van der Waals surface area contributed by atoms with Crippen molar-refractivity contribution in [1.29, 1.82) is 0 Å². The molecule has 0 N–H and O–H groups in total. The van der Waals surface area contributed by atoms with Gasteiger partial charge in [0.05, 0.1) is 16.7 Å². The van der Waals surface area contributed by atoms with Crippen molar-refractivity contribution in [3.05, 3.63) is 158 Å². The van der Waals surface area contributed by atoms with Crippen LogP contribution in [-0.4, -0.2) is 21.2 Å². The number of para-hydroxylation sites is 3. The predicted molar refractivity (Wildman–Crippen MR) is 168 cm³/mol. The van der Waals surface area contributed by atoms with Crippen molar-refractivity contribution in [2.24, 2.45) is 4.99 Å². The summed E-state index contributed by atoms with van der Waals surface area (Å²) in [5.74, 6) is 0. The summed E-state index contributed by atoms with van der Waals surface area (Å²) >= 11 is 0. The molecular formula is C36H30N4. The molecule has 7 aromatic rings. The lowest BCUT2D eigenvalue weighted by atomic mass is 10.1. The number of aryl methyl sites for hydroxylation is 1. The molecular weight excluding hydrogens is 488 g/mol. The fraction of sp³-hybridized carbons (Fsp3) is 0.0556. The maximum Gasteiger partial charge on any atom is 0.116 e. The number of aliphatic imine (C=N–C) groups is 1. The first-order chi connectivity index (χ1) is 19.9. The summed E-state index contributed by atoms with van der Waals surface area (Å²) in [4.78, 5) is 16.4. The maximum atomic E-state index is 4.27. The van der Waals surface area contributed by atoms with Crippen LogP contribution in [0.3, 0.4) is 0 Å². The molecule has 5 aromatic carbocycles. The number of hydrogen-bond donors (Lipinski definition) is 0. The van der Waals surface area contributed by atoms with E-state index in [2.05, 4.69) is 98.8 Å². The highest BCUT2D eigenvalue weighted by atomic mass is 14.8. The van der Waals surface area contributed by atoms with Crippen molar-refractivity contribution < 1.29 is 0 Å². The first kappa shape index (κ1) is 26.4. The van der Waals surface area contributed by atoms with E-state index in [1.807, 2.05) is 73.2 Å². The van der Waals surface area contributed by atoms with Crippen molar-refractivity contribution in [1.82, 2.24) is 15.0 Å². The van der Waals surface area contributed by atoms with Gasteiger partial charge in [-0.05, 0) is 53.4 Å². The molecule has 0 aliphatic carbocycles. The molecule has 0 atom stereocenters. The lowest BCUT2D eigenvalue weighted by Crippen LogP contribution is -1.91. The highest BCUT2D eigenvalue weighted by Gasteiger charge is 2.01. The molecule has 8 rings (SSSR count). The standard InChI is InChI=1S/C10H8.C9H9N.C9H7N.C8H6N2/c1-2-6-10-8-4-3-7-9(10)5-1;2*1-2-6-9-8(4-1)5-3-7-10-9;1-2-4-8-7(3-1)5-9-6-10-8/h1-8H;1-2,4,6-7H,3,5H2;1-7H;1-6H. The van der Waals surface area contributed by atoms with Gasteiger partial charge < -0.3 is 0 Å². The zero-order valence-corrected chi connectivity index (χ0v) is 22.2. The molecule has 0 amide bonds. The van der Waals surface area contributed by atoms with Gasteiger partial charge in [-0.2, -0.15) is 0 Å². The molecule has 1 aliphatic rings. The summed E-state index contributed by atoms with van der Waals surface area (Å²) in [7, 11) is 0. The van der Waals surface area contributed by atoms with Crippen LogP contribution in [0, 0.1) is 0 Å².